The van der Waals surface area contributed by atoms with E-state index in [-0.39, 0.29) is 0 Å². The number of rotatable bonds is 7. The van der Waals surface area contributed by atoms with Crippen molar-refractivity contribution in [2.75, 3.05) is 0 Å². The second-order valence-electron chi connectivity index (χ2n) is 9.54. The van der Waals surface area contributed by atoms with E-state index >= 15 is 0 Å². The molecule has 0 fully saturated rings. The van der Waals surface area contributed by atoms with Gasteiger partial charge in [-0.2, -0.15) is 10.2 Å². The van der Waals surface area contributed by atoms with Crippen molar-refractivity contribution in [1.82, 2.24) is 19.6 Å². The van der Waals surface area contributed by atoms with Gasteiger partial charge >= 0.3 is 0 Å². The van der Waals surface area contributed by atoms with Crippen LogP contribution in [0.5, 0.6) is 0 Å². The molecule has 0 radical (unpaired) electrons. The van der Waals surface area contributed by atoms with Crippen molar-refractivity contribution >= 4 is 5.57 Å². The Morgan fingerprint density at radius 2 is 1.17 bits per heavy atom. The summed E-state index contributed by atoms with van der Waals surface area (Å²) >= 11 is 0. The highest BCUT2D eigenvalue weighted by Gasteiger charge is 2.17. The molecule has 0 bridgehead atoms. The lowest BCUT2D eigenvalue weighted by molar-refractivity contribution is 0.862. The number of nitrogens with zero attached hydrogens (tertiary/aromatic N) is 4. The lowest BCUT2D eigenvalue weighted by Crippen LogP contribution is -2.04. The van der Waals surface area contributed by atoms with Gasteiger partial charge in [0.15, 0.2) is 0 Å². The third kappa shape index (κ3) is 5.30. The van der Waals surface area contributed by atoms with Crippen LogP contribution in [-0.2, 0) is 0 Å². The van der Waals surface area contributed by atoms with E-state index in [9.17, 15) is 0 Å². The highest BCUT2D eigenvalue weighted by Crippen LogP contribution is 2.31. The summed E-state index contributed by atoms with van der Waals surface area (Å²) in [5.41, 5.74) is 9.67. The summed E-state index contributed by atoms with van der Waals surface area (Å²) in [6.07, 6.45) is 11.4. The first-order valence-corrected chi connectivity index (χ1v) is 13.5. The van der Waals surface area contributed by atoms with Gasteiger partial charge in [0.25, 0.3) is 0 Å². The molecule has 6 rings (SSSR count). The summed E-state index contributed by atoms with van der Waals surface area (Å²) in [6.45, 7) is 1.97. The van der Waals surface area contributed by atoms with E-state index < -0.39 is 0 Å². The summed E-state index contributed by atoms with van der Waals surface area (Å²) in [6, 6.07) is 43.4. The lowest BCUT2D eigenvalue weighted by Gasteiger charge is -2.12. The Morgan fingerprint density at radius 3 is 1.73 bits per heavy atom. The highest BCUT2D eigenvalue weighted by molar-refractivity contribution is 5.77. The molecule has 0 unspecified atom stereocenters. The smallest absolute Gasteiger partial charge is 0.0940 e. The fraction of sp³-hybridized carbons (Fsp3) is 0.0270. The van der Waals surface area contributed by atoms with Crippen molar-refractivity contribution in [2.45, 2.75) is 6.92 Å². The molecule has 0 atom stereocenters. The predicted octanol–water partition coefficient (Wildman–Crippen LogP) is 8.65. The molecule has 0 N–H and O–H groups in total. The number of allylic oxidation sites excluding steroid dienone is 4. The number of hydrogen-bond acceptors (Lipinski definition) is 2. The Morgan fingerprint density at radius 1 is 0.634 bits per heavy atom. The van der Waals surface area contributed by atoms with Gasteiger partial charge in [0, 0.05) is 22.3 Å². The first-order chi connectivity index (χ1) is 20.2. The van der Waals surface area contributed by atoms with Gasteiger partial charge in [-0.25, -0.2) is 9.36 Å². The largest absolute Gasteiger partial charge is 0.232 e. The summed E-state index contributed by atoms with van der Waals surface area (Å²) in [5, 5.41) is 10.1. The summed E-state index contributed by atoms with van der Waals surface area (Å²) < 4.78 is 3.99. The predicted molar refractivity (Wildman–Crippen MR) is 169 cm³/mol. The number of aromatic nitrogens is 4. The average Bonchev–Trinajstić information content (AvgIpc) is 3.69. The average molecular weight is 529 g/mol. The topological polar surface area (TPSA) is 35.6 Å². The zero-order chi connectivity index (χ0) is 28.0. The summed E-state index contributed by atoms with van der Waals surface area (Å²) in [7, 11) is 0. The van der Waals surface area contributed by atoms with Crippen molar-refractivity contribution in [2.24, 2.45) is 0 Å². The van der Waals surface area contributed by atoms with Gasteiger partial charge in [-0.3, -0.25) is 0 Å². The van der Waals surface area contributed by atoms with Crippen LogP contribution < -0.4 is 0 Å². The van der Waals surface area contributed by atoms with Crippen molar-refractivity contribution in [1.29, 1.82) is 0 Å². The molecule has 0 aliphatic rings. The van der Waals surface area contributed by atoms with Crippen molar-refractivity contribution in [3.05, 3.63) is 151 Å². The Kier molecular flexibility index (Phi) is 7.25. The minimum atomic E-state index is 0.806. The minimum Gasteiger partial charge on any atom is -0.232 e. The van der Waals surface area contributed by atoms with Gasteiger partial charge in [0.2, 0.25) is 0 Å². The van der Waals surface area contributed by atoms with Gasteiger partial charge < -0.3 is 0 Å². The minimum absolute atomic E-state index is 0.806. The van der Waals surface area contributed by atoms with E-state index in [1.807, 2.05) is 77.0 Å². The molecule has 6 aromatic rings. The van der Waals surface area contributed by atoms with Gasteiger partial charge in [0.1, 0.15) is 0 Å². The fourth-order valence-corrected chi connectivity index (χ4v) is 4.91. The van der Waals surface area contributed by atoms with Gasteiger partial charge in [0.05, 0.1) is 34.2 Å². The van der Waals surface area contributed by atoms with Crippen LogP contribution in [0.1, 0.15) is 12.6 Å². The van der Waals surface area contributed by atoms with Gasteiger partial charge in [-0.15, -0.1) is 6.42 Å². The molecule has 0 aliphatic carbocycles. The first kappa shape index (κ1) is 25.6. The van der Waals surface area contributed by atoms with Crippen LogP contribution in [0.3, 0.4) is 0 Å². The molecule has 41 heavy (non-hydrogen) atoms. The zero-order valence-electron chi connectivity index (χ0n) is 22.7. The van der Waals surface area contributed by atoms with Crippen molar-refractivity contribution in [3.63, 3.8) is 0 Å². The normalized spacial score (nSPS) is 11.6. The molecule has 2 heterocycles. The first-order valence-electron chi connectivity index (χ1n) is 13.5. The summed E-state index contributed by atoms with van der Waals surface area (Å²) in [4.78, 5) is 0. The van der Waals surface area contributed by atoms with Crippen LogP contribution in [0.25, 0.3) is 50.7 Å². The van der Waals surface area contributed by atoms with Crippen molar-refractivity contribution in [3.8, 4) is 57.5 Å². The van der Waals surface area contributed by atoms with E-state index in [4.69, 9.17) is 16.6 Å². The van der Waals surface area contributed by atoms with E-state index in [1.54, 1.807) is 6.08 Å². The Balaban J connectivity index is 1.52. The Bertz CT molecular complexity index is 1880. The lowest BCUT2D eigenvalue weighted by atomic mass is 10.1. The number of terminal acetylenes is 1. The molecule has 4 heteroatoms. The molecule has 196 valence electrons. The highest BCUT2D eigenvalue weighted by atomic mass is 15.3. The molecular formula is C37H28N4. The SMILES string of the molecule is C#C/C=C(\C=C/C)c1cc(-c2ccccc2)n(-c2cccc(-n3nc(-c4ccccc4)cc3-c3ccccc3)c2)n1. The van der Waals surface area contributed by atoms with Crippen LogP contribution in [-0.4, -0.2) is 19.6 Å². The van der Waals surface area contributed by atoms with E-state index in [0.29, 0.717) is 0 Å². The quantitative estimate of drug-likeness (QED) is 0.154. The van der Waals surface area contributed by atoms with Crippen molar-refractivity contribution < 1.29 is 0 Å². The molecule has 0 aliphatic heterocycles. The Labute approximate surface area is 240 Å². The maximum absolute atomic E-state index is 5.65. The summed E-state index contributed by atoms with van der Waals surface area (Å²) in [5.74, 6) is 2.65. The second kappa shape index (κ2) is 11.6. The van der Waals surface area contributed by atoms with E-state index in [2.05, 4.69) is 84.8 Å². The molecule has 4 aromatic carbocycles. The van der Waals surface area contributed by atoms with Crippen LogP contribution in [0.15, 0.2) is 146 Å². The standard InChI is InChI=1S/C37H28N4/c1-3-15-28(16-4-2)34-26-36(30-19-10-6-11-20-30)40(38-34)32-23-14-24-33(25-32)41-37(31-21-12-7-13-22-31)27-35(39-41)29-17-8-5-9-18-29/h1,4-27H,2H3/b16-4-,28-15+. The van der Waals surface area contributed by atoms with Crippen LogP contribution in [0, 0.1) is 12.3 Å². The third-order valence-electron chi connectivity index (χ3n) is 6.83. The number of hydrogen-bond donors (Lipinski definition) is 0. The molecule has 0 saturated carbocycles. The fourth-order valence-electron chi connectivity index (χ4n) is 4.91. The third-order valence-corrected chi connectivity index (χ3v) is 6.83. The second-order valence-corrected chi connectivity index (χ2v) is 9.54. The molecule has 0 saturated heterocycles. The zero-order valence-corrected chi connectivity index (χ0v) is 22.7. The van der Waals surface area contributed by atoms with Gasteiger partial charge in [-0.05, 0) is 43.3 Å². The molecular weight excluding hydrogens is 500 g/mol. The van der Waals surface area contributed by atoms with Crippen LogP contribution in [0.4, 0.5) is 0 Å². The number of benzene rings is 4. The maximum Gasteiger partial charge on any atom is 0.0940 e. The van der Waals surface area contributed by atoms with E-state index in [1.165, 1.54) is 0 Å². The van der Waals surface area contributed by atoms with Crippen LogP contribution >= 0.6 is 0 Å². The molecule has 0 amide bonds. The monoisotopic (exact) mass is 528 g/mol. The maximum atomic E-state index is 5.65. The van der Waals surface area contributed by atoms with Crippen LogP contribution in [0.2, 0.25) is 0 Å². The van der Waals surface area contributed by atoms with E-state index in [0.717, 1.165) is 56.4 Å². The molecule has 2 aromatic heterocycles. The Hall–Kier alpha value is -5.66. The molecule has 4 nitrogen and oxygen atoms in total. The van der Waals surface area contributed by atoms with Gasteiger partial charge in [-0.1, -0.05) is 115 Å². The molecule has 0 spiro atoms.